The fourth-order valence-electron chi connectivity index (χ4n) is 3.37. The summed E-state index contributed by atoms with van der Waals surface area (Å²) in [7, 11) is 0. The molecule has 0 radical (unpaired) electrons. The molecule has 8 heteroatoms. The highest BCUT2D eigenvalue weighted by atomic mass is 32.1. The summed E-state index contributed by atoms with van der Waals surface area (Å²) in [5, 5.41) is 19.0. The Morgan fingerprint density at radius 3 is 2.88 bits per heavy atom. The van der Waals surface area contributed by atoms with Crippen LogP contribution in [0.3, 0.4) is 0 Å². The molecule has 1 fully saturated rings. The highest BCUT2D eigenvalue weighted by Crippen LogP contribution is 2.39. The van der Waals surface area contributed by atoms with Crippen molar-refractivity contribution in [2.24, 2.45) is 5.92 Å². The Kier molecular flexibility index (Phi) is 4.46. The number of aliphatic hydroxyl groups excluding tert-OH is 1. The third-order valence-corrected chi connectivity index (χ3v) is 5.82. The number of rotatable bonds is 5. The van der Waals surface area contributed by atoms with Gasteiger partial charge in [0.15, 0.2) is 0 Å². The number of amides is 1. The zero-order chi connectivity index (χ0) is 18.3. The fraction of sp³-hybridized carbons (Fsp3) is 0.444. The number of thiophene rings is 1. The molecular formula is C18H21N5O2S. The van der Waals surface area contributed by atoms with Crippen LogP contribution in [0.1, 0.15) is 59.7 Å². The predicted octanol–water partition coefficient (Wildman–Crippen LogP) is 2.55. The second-order valence-electron chi connectivity index (χ2n) is 7.04. The average molecular weight is 371 g/mol. The molecule has 0 bridgehead atoms. The van der Waals surface area contributed by atoms with E-state index in [-0.39, 0.29) is 29.9 Å². The van der Waals surface area contributed by atoms with E-state index in [1.54, 1.807) is 21.9 Å². The van der Waals surface area contributed by atoms with Crippen LogP contribution in [0.15, 0.2) is 29.9 Å². The molecule has 0 aliphatic heterocycles. The zero-order valence-electron chi connectivity index (χ0n) is 14.7. The van der Waals surface area contributed by atoms with Gasteiger partial charge in [-0.1, -0.05) is 19.9 Å². The lowest BCUT2D eigenvalue weighted by Gasteiger charge is -2.37. The summed E-state index contributed by atoms with van der Waals surface area (Å²) in [5.41, 5.74) is 1.24. The maximum Gasteiger partial charge on any atom is 0.270 e. The molecule has 1 atom stereocenters. The third kappa shape index (κ3) is 3.10. The standard InChI is InChI=1S/C18H21N5O2S/c1-10(2)14-8-13(21-18-19-9-20-23(14)18)17(25)22-16(11-6-12(24)7-11)15-4-3-5-26-15/h3-5,8-12,16,24H,6-7H2,1-2H3,(H,22,25). The van der Waals surface area contributed by atoms with E-state index >= 15 is 0 Å². The number of nitrogens with zero attached hydrogens (tertiary/aromatic N) is 4. The predicted molar refractivity (Wildman–Crippen MR) is 98.1 cm³/mol. The highest BCUT2D eigenvalue weighted by Gasteiger charge is 2.36. The molecule has 1 amide bonds. The number of nitrogens with one attached hydrogen (secondary N) is 1. The summed E-state index contributed by atoms with van der Waals surface area (Å²) in [6, 6.07) is 5.67. The first-order valence-electron chi connectivity index (χ1n) is 8.76. The van der Waals surface area contributed by atoms with Crippen molar-refractivity contribution >= 4 is 23.0 Å². The topological polar surface area (TPSA) is 92.4 Å². The number of hydrogen-bond acceptors (Lipinski definition) is 6. The maximum absolute atomic E-state index is 12.9. The molecular weight excluding hydrogens is 350 g/mol. The minimum Gasteiger partial charge on any atom is -0.393 e. The van der Waals surface area contributed by atoms with Crippen molar-refractivity contribution in [2.45, 2.75) is 44.8 Å². The Labute approximate surface area is 155 Å². The quantitative estimate of drug-likeness (QED) is 0.719. The van der Waals surface area contributed by atoms with Gasteiger partial charge in [-0.2, -0.15) is 10.1 Å². The number of fused-ring (bicyclic) bond motifs is 1. The van der Waals surface area contributed by atoms with Crippen molar-refractivity contribution in [3.05, 3.63) is 46.2 Å². The molecule has 26 heavy (non-hydrogen) atoms. The van der Waals surface area contributed by atoms with Crippen molar-refractivity contribution in [3.63, 3.8) is 0 Å². The molecule has 136 valence electrons. The van der Waals surface area contributed by atoms with Crippen LogP contribution in [-0.4, -0.2) is 36.7 Å². The van der Waals surface area contributed by atoms with Gasteiger partial charge in [-0.25, -0.2) is 9.50 Å². The van der Waals surface area contributed by atoms with E-state index in [4.69, 9.17) is 0 Å². The number of aromatic nitrogens is 4. The normalized spacial score (nSPS) is 20.9. The first-order valence-corrected chi connectivity index (χ1v) is 9.64. The van der Waals surface area contributed by atoms with E-state index in [9.17, 15) is 9.90 Å². The monoisotopic (exact) mass is 371 g/mol. The van der Waals surface area contributed by atoms with Gasteiger partial charge in [-0.15, -0.1) is 11.3 Å². The van der Waals surface area contributed by atoms with Crippen molar-refractivity contribution in [3.8, 4) is 0 Å². The maximum atomic E-state index is 12.9. The van der Waals surface area contributed by atoms with Crippen molar-refractivity contribution in [1.29, 1.82) is 0 Å². The largest absolute Gasteiger partial charge is 0.393 e. The van der Waals surface area contributed by atoms with Crippen molar-refractivity contribution in [2.75, 3.05) is 0 Å². The van der Waals surface area contributed by atoms with Crippen LogP contribution in [0.4, 0.5) is 0 Å². The van der Waals surface area contributed by atoms with E-state index < -0.39 is 0 Å². The summed E-state index contributed by atoms with van der Waals surface area (Å²) in [5.74, 6) is 0.628. The Balaban J connectivity index is 1.63. The van der Waals surface area contributed by atoms with Crippen LogP contribution < -0.4 is 5.32 Å². The highest BCUT2D eigenvalue weighted by molar-refractivity contribution is 7.10. The third-order valence-electron chi connectivity index (χ3n) is 4.86. The van der Waals surface area contributed by atoms with Crippen molar-refractivity contribution in [1.82, 2.24) is 24.9 Å². The zero-order valence-corrected chi connectivity index (χ0v) is 15.5. The fourth-order valence-corrected chi connectivity index (χ4v) is 4.24. The van der Waals surface area contributed by atoms with Gasteiger partial charge >= 0.3 is 0 Å². The second kappa shape index (κ2) is 6.77. The number of carbonyl (C=O) groups is 1. The summed E-state index contributed by atoms with van der Waals surface area (Å²) in [6.45, 7) is 4.09. The van der Waals surface area contributed by atoms with E-state index in [2.05, 4.69) is 20.4 Å². The first-order chi connectivity index (χ1) is 12.5. The van der Waals surface area contributed by atoms with Gasteiger partial charge in [0.2, 0.25) is 0 Å². The Hall–Kier alpha value is -2.32. The molecule has 1 aliphatic rings. The van der Waals surface area contributed by atoms with Gasteiger partial charge in [-0.05, 0) is 42.2 Å². The Morgan fingerprint density at radius 1 is 1.42 bits per heavy atom. The van der Waals surface area contributed by atoms with Gasteiger partial charge in [0.25, 0.3) is 11.7 Å². The lowest BCUT2D eigenvalue weighted by Crippen LogP contribution is -2.41. The lowest BCUT2D eigenvalue weighted by atomic mass is 9.76. The molecule has 3 heterocycles. The molecule has 3 aromatic rings. The number of hydrogen-bond donors (Lipinski definition) is 2. The van der Waals surface area contributed by atoms with Crippen molar-refractivity contribution < 1.29 is 9.90 Å². The molecule has 3 aromatic heterocycles. The van der Waals surface area contributed by atoms with Gasteiger partial charge in [-0.3, -0.25) is 4.79 Å². The minimum atomic E-state index is -0.266. The molecule has 1 saturated carbocycles. The number of carbonyl (C=O) groups excluding carboxylic acids is 1. The van der Waals surface area contributed by atoms with Gasteiger partial charge in [0, 0.05) is 4.88 Å². The summed E-state index contributed by atoms with van der Waals surface area (Å²) < 4.78 is 1.67. The van der Waals surface area contributed by atoms with Crippen LogP contribution in [0.2, 0.25) is 0 Å². The molecule has 0 spiro atoms. The van der Waals surface area contributed by atoms with E-state index in [0.29, 0.717) is 24.3 Å². The van der Waals surface area contributed by atoms with Gasteiger partial charge < -0.3 is 10.4 Å². The van der Waals surface area contributed by atoms with Crippen LogP contribution in [0.5, 0.6) is 0 Å². The molecule has 7 nitrogen and oxygen atoms in total. The SMILES string of the molecule is CC(C)c1cc(C(=O)NC(c2cccs2)C2CC(O)C2)nc2ncnn12. The van der Waals surface area contributed by atoms with Crippen LogP contribution >= 0.6 is 11.3 Å². The molecule has 2 N–H and O–H groups in total. The smallest absolute Gasteiger partial charge is 0.270 e. The molecule has 4 rings (SSSR count). The second-order valence-corrected chi connectivity index (χ2v) is 8.02. The van der Waals surface area contributed by atoms with E-state index in [0.717, 1.165) is 10.6 Å². The summed E-state index contributed by atoms with van der Waals surface area (Å²) in [4.78, 5) is 22.5. The lowest BCUT2D eigenvalue weighted by molar-refractivity contribution is 0.0240. The molecule has 0 saturated heterocycles. The van der Waals surface area contributed by atoms with E-state index in [1.807, 2.05) is 31.4 Å². The minimum absolute atomic E-state index is 0.107. The molecule has 1 aliphatic carbocycles. The van der Waals surface area contributed by atoms with Gasteiger partial charge in [0.05, 0.1) is 17.8 Å². The Morgan fingerprint density at radius 2 is 2.23 bits per heavy atom. The average Bonchev–Trinajstić information content (AvgIpc) is 3.26. The van der Waals surface area contributed by atoms with Crippen LogP contribution in [0, 0.1) is 5.92 Å². The molecule has 1 unspecified atom stereocenters. The first kappa shape index (κ1) is 17.1. The Bertz CT molecular complexity index is 915. The van der Waals surface area contributed by atoms with E-state index in [1.165, 1.54) is 6.33 Å². The summed E-state index contributed by atoms with van der Waals surface area (Å²) >= 11 is 1.62. The van der Waals surface area contributed by atoms with Crippen LogP contribution in [0.25, 0.3) is 5.78 Å². The molecule has 0 aromatic carbocycles. The number of aliphatic hydroxyl groups is 1. The summed E-state index contributed by atoms with van der Waals surface area (Å²) in [6.07, 6.45) is 2.59. The van der Waals surface area contributed by atoms with Gasteiger partial charge in [0.1, 0.15) is 12.0 Å². The van der Waals surface area contributed by atoms with Crippen LogP contribution in [-0.2, 0) is 0 Å².